The fourth-order valence-electron chi connectivity index (χ4n) is 4.03. The highest BCUT2D eigenvalue weighted by Gasteiger charge is 2.31. The molecule has 200 valence electrons. The number of guanidine groups is 1. The molecule has 13 heteroatoms. The van der Waals surface area contributed by atoms with E-state index in [1.54, 1.807) is 0 Å². The number of aliphatic carboxylic acids is 1. The van der Waals surface area contributed by atoms with Crippen LogP contribution in [-0.4, -0.2) is 57.4 Å². The van der Waals surface area contributed by atoms with Gasteiger partial charge in [0.05, 0.1) is 5.56 Å². The highest BCUT2D eigenvalue weighted by atomic mass is 19.4. The number of benzene rings is 1. The Morgan fingerprint density at radius 1 is 1.11 bits per heavy atom. The number of carbonyl (C=O) groups is 3. The van der Waals surface area contributed by atoms with E-state index >= 15 is 0 Å². The fraction of sp³-hybridized carbons (Fsp3) is 0.565. The fourth-order valence-corrected chi connectivity index (χ4v) is 4.03. The number of hydrogen-bond donors (Lipinski definition) is 5. The van der Waals surface area contributed by atoms with Crippen molar-refractivity contribution in [2.24, 2.45) is 11.5 Å². The standard InChI is InChI=1S/C23H33F3N6O4/c24-23(25,26)16-10-8-15(9-11-16)14-30-32(17-5-2-1-3-6-17)20(34)13-19(33)31(22(28)29)12-4-7-18(27)21(35)36/h8-11,17-18,30H,1-7,12-14,27H2,(H3,28,29)(H,35,36). The van der Waals surface area contributed by atoms with E-state index in [1.165, 1.54) is 17.1 Å². The van der Waals surface area contributed by atoms with Gasteiger partial charge < -0.3 is 16.6 Å². The molecule has 0 bridgehead atoms. The molecular weight excluding hydrogens is 481 g/mol. The van der Waals surface area contributed by atoms with Crippen LogP contribution in [0, 0.1) is 5.41 Å². The number of nitrogens with zero attached hydrogens (tertiary/aromatic N) is 2. The molecule has 1 aromatic rings. The van der Waals surface area contributed by atoms with Crippen LogP contribution in [0.15, 0.2) is 24.3 Å². The second kappa shape index (κ2) is 13.2. The Labute approximate surface area is 207 Å². The summed E-state index contributed by atoms with van der Waals surface area (Å²) in [4.78, 5) is 37.7. The van der Waals surface area contributed by atoms with Crippen LogP contribution in [0.4, 0.5) is 13.2 Å². The number of halogens is 3. The highest BCUT2D eigenvalue weighted by Crippen LogP contribution is 2.29. The molecule has 0 radical (unpaired) electrons. The van der Waals surface area contributed by atoms with E-state index in [2.05, 4.69) is 5.43 Å². The van der Waals surface area contributed by atoms with Crippen LogP contribution in [0.1, 0.15) is 62.5 Å². The number of nitrogens with two attached hydrogens (primary N) is 2. The molecule has 1 unspecified atom stereocenters. The Balaban J connectivity index is 2.05. The zero-order valence-corrected chi connectivity index (χ0v) is 19.9. The van der Waals surface area contributed by atoms with Crippen molar-refractivity contribution in [2.45, 2.75) is 76.2 Å². The van der Waals surface area contributed by atoms with E-state index in [1.807, 2.05) is 0 Å². The molecule has 0 saturated heterocycles. The van der Waals surface area contributed by atoms with Gasteiger partial charge in [-0.2, -0.15) is 13.2 Å². The van der Waals surface area contributed by atoms with Crippen LogP contribution in [0.3, 0.4) is 0 Å². The monoisotopic (exact) mass is 514 g/mol. The third-order valence-electron chi connectivity index (χ3n) is 6.05. The molecule has 1 saturated carbocycles. The van der Waals surface area contributed by atoms with E-state index in [0.29, 0.717) is 18.4 Å². The average molecular weight is 515 g/mol. The third-order valence-corrected chi connectivity index (χ3v) is 6.05. The number of carboxylic acid groups (broad SMARTS) is 1. The minimum atomic E-state index is -4.45. The molecule has 36 heavy (non-hydrogen) atoms. The lowest BCUT2D eigenvalue weighted by atomic mass is 9.95. The average Bonchev–Trinajstić information content (AvgIpc) is 2.81. The lowest BCUT2D eigenvalue weighted by molar-refractivity contribution is -0.144. The predicted octanol–water partition coefficient (Wildman–Crippen LogP) is 2.18. The van der Waals surface area contributed by atoms with Gasteiger partial charge in [-0.15, -0.1) is 0 Å². The zero-order chi connectivity index (χ0) is 26.9. The molecule has 2 rings (SSSR count). The van der Waals surface area contributed by atoms with Gasteiger partial charge in [-0.3, -0.25) is 29.7 Å². The molecule has 0 heterocycles. The normalized spacial score (nSPS) is 15.2. The largest absolute Gasteiger partial charge is 0.480 e. The second-order valence-corrected chi connectivity index (χ2v) is 8.78. The second-order valence-electron chi connectivity index (χ2n) is 8.78. The molecule has 2 amide bonds. The lowest BCUT2D eigenvalue weighted by Gasteiger charge is -2.35. The molecule has 1 aliphatic rings. The first-order valence-corrected chi connectivity index (χ1v) is 11.7. The number of nitrogens with one attached hydrogen (secondary N) is 2. The van der Waals surface area contributed by atoms with Crippen LogP contribution in [0.2, 0.25) is 0 Å². The Hall–Kier alpha value is -3.19. The van der Waals surface area contributed by atoms with Crippen LogP contribution in [0.25, 0.3) is 0 Å². The van der Waals surface area contributed by atoms with Crippen molar-refractivity contribution >= 4 is 23.7 Å². The van der Waals surface area contributed by atoms with E-state index in [4.69, 9.17) is 22.0 Å². The van der Waals surface area contributed by atoms with Gasteiger partial charge in [-0.25, -0.2) is 5.43 Å². The Bertz CT molecular complexity index is 919. The molecule has 1 atom stereocenters. The van der Waals surface area contributed by atoms with Gasteiger partial charge in [-0.1, -0.05) is 31.4 Å². The summed E-state index contributed by atoms with van der Waals surface area (Å²) in [5.74, 6) is -3.02. The van der Waals surface area contributed by atoms with Crippen molar-refractivity contribution in [3.63, 3.8) is 0 Å². The smallest absolute Gasteiger partial charge is 0.416 e. The number of hydrogen-bond acceptors (Lipinski definition) is 6. The first-order chi connectivity index (χ1) is 16.9. The van der Waals surface area contributed by atoms with Crippen molar-refractivity contribution in [3.05, 3.63) is 35.4 Å². The summed E-state index contributed by atoms with van der Waals surface area (Å²) in [6.45, 7) is 0.0168. The van der Waals surface area contributed by atoms with Gasteiger partial charge in [-0.05, 0) is 43.4 Å². The van der Waals surface area contributed by atoms with Gasteiger partial charge in [0.25, 0.3) is 0 Å². The summed E-state index contributed by atoms with van der Waals surface area (Å²) in [6, 6.07) is 3.27. The minimum absolute atomic E-state index is 0.0588. The summed E-state index contributed by atoms with van der Waals surface area (Å²) in [6.07, 6.45) is -0.561. The summed E-state index contributed by atoms with van der Waals surface area (Å²) >= 11 is 0. The van der Waals surface area contributed by atoms with Crippen molar-refractivity contribution < 1.29 is 32.7 Å². The quantitative estimate of drug-likeness (QED) is 0.131. The van der Waals surface area contributed by atoms with E-state index in [-0.39, 0.29) is 32.0 Å². The maximum atomic E-state index is 13.1. The molecule has 1 fully saturated rings. The molecule has 0 spiro atoms. The number of carboxylic acids is 1. The third kappa shape index (κ3) is 8.79. The molecule has 0 aromatic heterocycles. The molecule has 1 aromatic carbocycles. The van der Waals surface area contributed by atoms with E-state index in [9.17, 15) is 27.6 Å². The first kappa shape index (κ1) is 29.0. The Morgan fingerprint density at radius 2 is 1.72 bits per heavy atom. The van der Waals surface area contributed by atoms with E-state index < -0.39 is 47.9 Å². The lowest BCUT2D eigenvalue weighted by Crippen LogP contribution is -2.52. The highest BCUT2D eigenvalue weighted by molar-refractivity contribution is 6.03. The SMILES string of the molecule is N=C(N)N(CCCC(N)C(=O)O)C(=O)CC(=O)N(NCc1ccc(C(F)(F)F)cc1)C1CCCCC1. The van der Waals surface area contributed by atoms with Gasteiger partial charge in [0, 0.05) is 19.1 Å². The summed E-state index contributed by atoms with van der Waals surface area (Å²) in [7, 11) is 0. The van der Waals surface area contributed by atoms with Crippen LogP contribution < -0.4 is 16.9 Å². The Morgan fingerprint density at radius 3 is 2.25 bits per heavy atom. The molecule has 7 N–H and O–H groups in total. The maximum absolute atomic E-state index is 13.1. The van der Waals surface area contributed by atoms with Crippen molar-refractivity contribution in [1.29, 1.82) is 5.41 Å². The minimum Gasteiger partial charge on any atom is -0.480 e. The number of rotatable bonds is 11. The summed E-state index contributed by atoms with van der Waals surface area (Å²) in [5, 5.41) is 17.9. The number of amides is 2. The summed E-state index contributed by atoms with van der Waals surface area (Å²) in [5.41, 5.74) is 13.7. The van der Waals surface area contributed by atoms with Crippen molar-refractivity contribution in [2.75, 3.05) is 6.54 Å². The molecule has 10 nitrogen and oxygen atoms in total. The first-order valence-electron chi connectivity index (χ1n) is 11.7. The van der Waals surface area contributed by atoms with Gasteiger partial charge >= 0.3 is 12.1 Å². The summed E-state index contributed by atoms with van der Waals surface area (Å²) < 4.78 is 38.5. The molecule has 0 aliphatic heterocycles. The number of carbonyl (C=O) groups excluding carboxylic acids is 2. The molecule has 1 aliphatic carbocycles. The number of alkyl halides is 3. The van der Waals surface area contributed by atoms with Crippen molar-refractivity contribution in [1.82, 2.24) is 15.3 Å². The zero-order valence-electron chi connectivity index (χ0n) is 19.9. The Kier molecular flexibility index (Phi) is 10.7. The van der Waals surface area contributed by atoms with Gasteiger partial charge in [0.1, 0.15) is 12.5 Å². The predicted molar refractivity (Wildman–Crippen MR) is 125 cm³/mol. The van der Waals surface area contributed by atoms with Crippen LogP contribution in [-0.2, 0) is 27.1 Å². The molecular formula is C23H33F3N6O4. The maximum Gasteiger partial charge on any atom is 0.416 e. The van der Waals surface area contributed by atoms with Gasteiger partial charge in [0.2, 0.25) is 11.8 Å². The van der Waals surface area contributed by atoms with Crippen molar-refractivity contribution in [3.8, 4) is 0 Å². The van der Waals surface area contributed by atoms with Gasteiger partial charge in [0.15, 0.2) is 5.96 Å². The van der Waals surface area contributed by atoms with Crippen LogP contribution >= 0.6 is 0 Å². The van der Waals surface area contributed by atoms with Crippen LogP contribution in [0.5, 0.6) is 0 Å². The number of hydrazine groups is 1. The topological polar surface area (TPSA) is 166 Å². The van der Waals surface area contributed by atoms with E-state index in [0.717, 1.165) is 36.3 Å².